The Morgan fingerprint density at radius 3 is 2.75 bits per heavy atom. The van der Waals surface area contributed by atoms with Crippen LogP contribution in [0.15, 0.2) is 22.7 Å². The molecule has 0 spiro atoms. The lowest BCUT2D eigenvalue weighted by molar-refractivity contribution is -0.138. The van der Waals surface area contributed by atoms with Crippen LogP contribution in [0.25, 0.3) is 0 Å². The van der Waals surface area contributed by atoms with E-state index in [0.29, 0.717) is 6.42 Å². The number of nitrogens with one attached hydrogen (secondary N) is 1. The number of aliphatic carboxylic acids is 1. The van der Waals surface area contributed by atoms with Crippen LogP contribution in [0.1, 0.15) is 25.3 Å². The van der Waals surface area contributed by atoms with Gasteiger partial charge >= 0.3 is 5.97 Å². The van der Waals surface area contributed by atoms with Gasteiger partial charge in [0.15, 0.2) is 0 Å². The Morgan fingerprint density at radius 2 is 2.25 bits per heavy atom. The standard InChI is InChI=1S/C12H16BrNO2/c1-3-4-11(12(15)16)14-10-6-5-8(2)7-9(10)13/h5-7,11,14H,3-4H2,1-2H3,(H,15,16)/t11-/m1/s1. The molecule has 2 N–H and O–H groups in total. The van der Waals surface area contributed by atoms with E-state index in [2.05, 4.69) is 21.2 Å². The van der Waals surface area contributed by atoms with Gasteiger partial charge in [0.1, 0.15) is 6.04 Å². The average molecular weight is 286 g/mol. The molecular formula is C12H16BrNO2. The van der Waals surface area contributed by atoms with Gasteiger partial charge in [0.2, 0.25) is 0 Å². The Hall–Kier alpha value is -1.03. The van der Waals surface area contributed by atoms with Crippen LogP contribution in [-0.2, 0) is 4.79 Å². The van der Waals surface area contributed by atoms with Gasteiger partial charge in [-0.2, -0.15) is 0 Å². The minimum Gasteiger partial charge on any atom is -0.480 e. The van der Waals surface area contributed by atoms with Gasteiger partial charge in [0, 0.05) is 10.2 Å². The molecule has 16 heavy (non-hydrogen) atoms. The Balaban J connectivity index is 2.81. The fourth-order valence-electron chi connectivity index (χ4n) is 1.47. The third kappa shape index (κ3) is 3.52. The smallest absolute Gasteiger partial charge is 0.326 e. The summed E-state index contributed by atoms with van der Waals surface area (Å²) in [5, 5.41) is 12.1. The van der Waals surface area contributed by atoms with Gasteiger partial charge in [-0.3, -0.25) is 0 Å². The molecule has 0 aromatic heterocycles. The van der Waals surface area contributed by atoms with Gasteiger partial charge < -0.3 is 10.4 Å². The molecule has 88 valence electrons. The number of carboxylic acids is 1. The molecule has 0 fully saturated rings. The molecule has 0 bridgehead atoms. The first-order valence-electron chi connectivity index (χ1n) is 5.30. The molecule has 0 saturated heterocycles. The van der Waals surface area contributed by atoms with Crippen LogP contribution in [-0.4, -0.2) is 17.1 Å². The molecule has 1 atom stereocenters. The van der Waals surface area contributed by atoms with E-state index in [9.17, 15) is 4.79 Å². The first kappa shape index (κ1) is 13.0. The van der Waals surface area contributed by atoms with Crippen molar-refractivity contribution < 1.29 is 9.90 Å². The SMILES string of the molecule is CCC[C@@H](Nc1ccc(C)cc1Br)C(=O)O. The van der Waals surface area contributed by atoms with Gasteiger partial charge in [-0.05, 0) is 47.0 Å². The molecule has 0 aliphatic carbocycles. The summed E-state index contributed by atoms with van der Waals surface area (Å²) in [7, 11) is 0. The van der Waals surface area contributed by atoms with Gasteiger partial charge in [-0.1, -0.05) is 19.4 Å². The maximum atomic E-state index is 11.0. The molecular weight excluding hydrogens is 270 g/mol. The summed E-state index contributed by atoms with van der Waals surface area (Å²) in [6.07, 6.45) is 1.46. The lowest BCUT2D eigenvalue weighted by atomic mass is 10.1. The van der Waals surface area contributed by atoms with Crippen molar-refractivity contribution in [3.63, 3.8) is 0 Å². The van der Waals surface area contributed by atoms with Crippen molar-refractivity contribution in [1.29, 1.82) is 0 Å². The van der Waals surface area contributed by atoms with E-state index in [-0.39, 0.29) is 0 Å². The zero-order chi connectivity index (χ0) is 12.1. The monoisotopic (exact) mass is 285 g/mol. The highest BCUT2D eigenvalue weighted by atomic mass is 79.9. The summed E-state index contributed by atoms with van der Waals surface area (Å²) in [5.41, 5.74) is 1.96. The fraction of sp³-hybridized carbons (Fsp3) is 0.417. The molecule has 0 aliphatic heterocycles. The van der Waals surface area contributed by atoms with Crippen LogP contribution >= 0.6 is 15.9 Å². The minimum absolute atomic E-state index is 0.524. The lowest BCUT2D eigenvalue weighted by Crippen LogP contribution is -2.29. The van der Waals surface area contributed by atoms with E-state index in [0.717, 1.165) is 22.1 Å². The molecule has 1 rings (SSSR count). The number of benzene rings is 1. The third-order valence-corrected chi connectivity index (χ3v) is 2.99. The number of hydrogen-bond acceptors (Lipinski definition) is 2. The Morgan fingerprint density at radius 1 is 1.56 bits per heavy atom. The van der Waals surface area contributed by atoms with Gasteiger partial charge in [0.05, 0.1) is 0 Å². The number of aryl methyl sites for hydroxylation is 1. The predicted molar refractivity (Wildman–Crippen MR) is 68.8 cm³/mol. The highest BCUT2D eigenvalue weighted by Gasteiger charge is 2.16. The van der Waals surface area contributed by atoms with Gasteiger partial charge in [-0.15, -0.1) is 0 Å². The highest BCUT2D eigenvalue weighted by Crippen LogP contribution is 2.24. The maximum absolute atomic E-state index is 11.0. The Bertz CT molecular complexity index is 379. The van der Waals surface area contributed by atoms with Crippen molar-refractivity contribution in [3.05, 3.63) is 28.2 Å². The zero-order valence-electron chi connectivity index (χ0n) is 9.46. The lowest BCUT2D eigenvalue weighted by Gasteiger charge is -2.16. The second-order valence-electron chi connectivity index (χ2n) is 3.81. The molecule has 3 nitrogen and oxygen atoms in total. The van der Waals surface area contributed by atoms with E-state index in [1.54, 1.807) is 0 Å². The normalized spacial score (nSPS) is 12.2. The molecule has 1 aromatic rings. The van der Waals surface area contributed by atoms with Gasteiger partial charge in [-0.25, -0.2) is 4.79 Å². The van der Waals surface area contributed by atoms with Gasteiger partial charge in [0.25, 0.3) is 0 Å². The summed E-state index contributed by atoms with van der Waals surface area (Å²) < 4.78 is 0.898. The quantitative estimate of drug-likeness (QED) is 0.872. The summed E-state index contributed by atoms with van der Waals surface area (Å²) in [4.78, 5) is 11.0. The summed E-state index contributed by atoms with van der Waals surface area (Å²) in [6.45, 7) is 3.97. The largest absolute Gasteiger partial charge is 0.480 e. The number of anilines is 1. The molecule has 0 saturated carbocycles. The van der Waals surface area contributed by atoms with E-state index in [4.69, 9.17) is 5.11 Å². The van der Waals surface area contributed by atoms with Crippen LogP contribution in [0.4, 0.5) is 5.69 Å². The van der Waals surface area contributed by atoms with Crippen molar-refractivity contribution in [2.75, 3.05) is 5.32 Å². The number of halogens is 1. The molecule has 4 heteroatoms. The van der Waals surface area contributed by atoms with Crippen molar-refractivity contribution in [2.24, 2.45) is 0 Å². The van der Waals surface area contributed by atoms with Crippen molar-refractivity contribution in [2.45, 2.75) is 32.7 Å². The summed E-state index contributed by atoms with van der Waals surface area (Å²) in [6, 6.07) is 5.29. The molecule has 0 aliphatic rings. The third-order valence-electron chi connectivity index (χ3n) is 2.33. The maximum Gasteiger partial charge on any atom is 0.326 e. The molecule has 0 unspecified atom stereocenters. The number of carbonyl (C=O) groups is 1. The zero-order valence-corrected chi connectivity index (χ0v) is 11.0. The summed E-state index contributed by atoms with van der Waals surface area (Å²) in [5.74, 6) is -0.811. The van der Waals surface area contributed by atoms with Crippen LogP contribution in [0.2, 0.25) is 0 Å². The topological polar surface area (TPSA) is 49.3 Å². The van der Waals surface area contributed by atoms with E-state index < -0.39 is 12.0 Å². The van der Waals surface area contributed by atoms with E-state index in [1.807, 2.05) is 32.0 Å². The molecule has 0 amide bonds. The minimum atomic E-state index is -0.811. The highest BCUT2D eigenvalue weighted by molar-refractivity contribution is 9.10. The van der Waals surface area contributed by atoms with Crippen LogP contribution in [0, 0.1) is 6.92 Å². The molecule has 1 aromatic carbocycles. The number of rotatable bonds is 5. The fourth-order valence-corrected chi connectivity index (χ4v) is 2.08. The summed E-state index contributed by atoms with van der Waals surface area (Å²) >= 11 is 3.42. The van der Waals surface area contributed by atoms with Crippen molar-refractivity contribution >= 4 is 27.6 Å². The molecule has 0 radical (unpaired) electrons. The van der Waals surface area contributed by atoms with Crippen LogP contribution in [0.5, 0.6) is 0 Å². The van der Waals surface area contributed by atoms with E-state index >= 15 is 0 Å². The Kier molecular flexibility index (Phi) is 4.80. The second-order valence-corrected chi connectivity index (χ2v) is 4.66. The van der Waals surface area contributed by atoms with E-state index in [1.165, 1.54) is 0 Å². The average Bonchev–Trinajstić information content (AvgIpc) is 2.20. The Labute approximate surface area is 104 Å². The first-order chi connectivity index (χ1) is 7.54. The van der Waals surface area contributed by atoms with Crippen molar-refractivity contribution in [3.8, 4) is 0 Å². The van der Waals surface area contributed by atoms with Crippen LogP contribution < -0.4 is 5.32 Å². The number of carboxylic acid groups (broad SMARTS) is 1. The number of hydrogen-bond donors (Lipinski definition) is 2. The second kappa shape index (κ2) is 5.89. The molecule has 0 heterocycles. The van der Waals surface area contributed by atoms with Crippen LogP contribution in [0.3, 0.4) is 0 Å². The predicted octanol–water partition coefficient (Wildman–Crippen LogP) is 3.42. The first-order valence-corrected chi connectivity index (χ1v) is 6.09. The van der Waals surface area contributed by atoms with Crippen molar-refractivity contribution in [1.82, 2.24) is 0 Å².